The molecule has 0 unspecified atom stereocenters. The Morgan fingerprint density at radius 1 is 1.16 bits per heavy atom. The maximum atomic E-state index is 11.8. The Labute approximate surface area is 161 Å². The fourth-order valence-corrected chi connectivity index (χ4v) is 3.24. The van der Waals surface area contributed by atoms with Crippen molar-refractivity contribution in [3.63, 3.8) is 0 Å². The lowest BCUT2D eigenvalue weighted by Crippen LogP contribution is -2.24. The molecule has 0 bridgehead atoms. The number of ether oxygens (including phenoxy) is 1. The van der Waals surface area contributed by atoms with Crippen molar-refractivity contribution >= 4 is 44.0 Å². The van der Waals surface area contributed by atoms with Crippen LogP contribution >= 0.6 is 31.9 Å². The lowest BCUT2D eigenvalue weighted by Gasteiger charge is -2.08. The first-order chi connectivity index (χ1) is 11.8. The highest BCUT2D eigenvalue weighted by atomic mass is 79.9. The number of aromatic hydroxyl groups is 2. The average molecular weight is 472 g/mol. The summed E-state index contributed by atoms with van der Waals surface area (Å²) >= 11 is 6.22. The maximum absolute atomic E-state index is 11.8. The van der Waals surface area contributed by atoms with Crippen molar-refractivity contribution in [3.05, 3.63) is 49.9 Å². The highest BCUT2D eigenvalue weighted by Gasteiger charge is 2.12. The highest BCUT2D eigenvalue weighted by Crippen LogP contribution is 2.40. The Morgan fingerprint density at radius 2 is 1.80 bits per heavy atom. The van der Waals surface area contributed by atoms with Crippen molar-refractivity contribution in [2.75, 3.05) is 6.61 Å². The van der Waals surface area contributed by atoms with Gasteiger partial charge in [-0.1, -0.05) is 6.07 Å². The second kappa shape index (κ2) is 8.35. The molecule has 0 atom stereocenters. The lowest BCUT2D eigenvalue weighted by atomic mass is 10.1. The first-order valence-corrected chi connectivity index (χ1v) is 8.79. The molecule has 0 radical (unpaired) electrons. The van der Waals surface area contributed by atoms with Crippen LogP contribution in [-0.4, -0.2) is 28.9 Å². The van der Waals surface area contributed by atoms with E-state index in [1.54, 1.807) is 0 Å². The van der Waals surface area contributed by atoms with Crippen LogP contribution in [0.5, 0.6) is 17.2 Å². The molecule has 0 aliphatic heterocycles. The molecule has 0 aliphatic rings. The zero-order chi connectivity index (χ0) is 18.6. The van der Waals surface area contributed by atoms with Crippen molar-refractivity contribution in [2.45, 2.75) is 13.8 Å². The van der Waals surface area contributed by atoms with Crippen molar-refractivity contribution in [1.29, 1.82) is 0 Å². The number of carbonyl (C=O) groups is 1. The van der Waals surface area contributed by atoms with Gasteiger partial charge in [0.25, 0.3) is 5.91 Å². The molecule has 0 spiro atoms. The van der Waals surface area contributed by atoms with E-state index in [1.165, 1.54) is 12.3 Å². The van der Waals surface area contributed by atoms with E-state index in [0.29, 0.717) is 15.8 Å². The number of hydrogen-bond donors (Lipinski definition) is 3. The van der Waals surface area contributed by atoms with Crippen LogP contribution in [0.4, 0.5) is 0 Å². The van der Waals surface area contributed by atoms with Crippen LogP contribution in [0.15, 0.2) is 38.3 Å². The Kier molecular flexibility index (Phi) is 6.44. The molecule has 1 amide bonds. The molecule has 2 aromatic carbocycles. The standard InChI is InChI=1S/C17H16Br2N2O4/c1-9-3-10(2)5-12(4-9)25-8-14(22)21-20-7-11-6-13(18)17(24)15(19)16(11)23/h3-7,23-24H,8H2,1-2H3,(H,21,22)/b20-7-. The molecular formula is C17H16Br2N2O4. The van der Waals surface area contributed by atoms with Gasteiger partial charge in [0.15, 0.2) is 6.61 Å². The third-order valence-corrected chi connectivity index (χ3v) is 4.51. The van der Waals surface area contributed by atoms with Gasteiger partial charge in [0.05, 0.1) is 10.7 Å². The van der Waals surface area contributed by atoms with Crippen LogP contribution < -0.4 is 10.2 Å². The summed E-state index contributed by atoms with van der Waals surface area (Å²) in [4.78, 5) is 11.8. The quantitative estimate of drug-likeness (QED) is 0.457. The molecule has 0 aliphatic carbocycles. The summed E-state index contributed by atoms with van der Waals surface area (Å²) in [5.74, 6) is -0.141. The summed E-state index contributed by atoms with van der Waals surface area (Å²) in [7, 11) is 0. The van der Waals surface area contributed by atoms with Crippen LogP contribution in [0.1, 0.15) is 16.7 Å². The van der Waals surface area contributed by atoms with E-state index < -0.39 is 5.91 Å². The number of hydrogen-bond acceptors (Lipinski definition) is 5. The number of benzene rings is 2. The predicted octanol–water partition coefficient (Wildman–Crippen LogP) is 3.77. The molecular weight excluding hydrogens is 456 g/mol. The van der Waals surface area contributed by atoms with E-state index in [-0.39, 0.29) is 22.6 Å². The number of carbonyl (C=O) groups excluding carboxylic acids is 1. The van der Waals surface area contributed by atoms with Gasteiger partial charge in [-0.25, -0.2) is 5.43 Å². The fourth-order valence-electron chi connectivity index (χ4n) is 2.09. The van der Waals surface area contributed by atoms with E-state index in [9.17, 15) is 15.0 Å². The number of aryl methyl sites for hydroxylation is 2. The van der Waals surface area contributed by atoms with Gasteiger partial charge in [0, 0.05) is 5.56 Å². The average Bonchev–Trinajstić information content (AvgIpc) is 2.55. The summed E-state index contributed by atoms with van der Waals surface area (Å²) in [6.07, 6.45) is 1.26. The Bertz CT molecular complexity index is 818. The molecule has 0 aromatic heterocycles. The summed E-state index contributed by atoms with van der Waals surface area (Å²) in [5, 5.41) is 23.3. The monoisotopic (exact) mass is 470 g/mol. The largest absolute Gasteiger partial charge is 0.506 e. The highest BCUT2D eigenvalue weighted by molar-refractivity contribution is 9.11. The van der Waals surface area contributed by atoms with Gasteiger partial charge in [-0.05, 0) is 75.0 Å². The van der Waals surface area contributed by atoms with Crippen molar-refractivity contribution < 1.29 is 19.7 Å². The second-order valence-corrected chi connectivity index (χ2v) is 7.01. The van der Waals surface area contributed by atoms with Crippen LogP contribution in [0.3, 0.4) is 0 Å². The number of nitrogens with zero attached hydrogens (tertiary/aromatic N) is 1. The van der Waals surface area contributed by atoms with E-state index in [1.807, 2.05) is 32.0 Å². The maximum Gasteiger partial charge on any atom is 0.277 e. The predicted molar refractivity (Wildman–Crippen MR) is 102 cm³/mol. The van der Waals surface area contributed by atoms with E-state index >= 15 is 0 Å². The first-order valence-electron chi connectivity index (χ1n) is 7.21. The molecule has 2 aromatic rings. The normalized spacial score (nSPS) is 10.9. The summed E-state index contributed by atoms with van der Waals surface area (Å²) in [6.45, 7) is 3.71. The fraction of sp³-hybridized carbons (Fsp3) is 0.176. The van der Waals surface area contributed by atoms with Gasteiger partial charge >= 0.3 is 0 Å². The minimum atomic E-state index is -0.438. The smallest absolute Gasteiger partial charge is 0.277 e. The Balaban J connectivity index is 1.95. The molecule has 8 heteroatoms. The Morgan fingerprint density at radius 3 is 2.44 bits per heavy atom. The van der Waals surface area contributed by atoms with Crippen molar-refractivity contribution in [3.8, 4) is 17.2 Å². The zero-order valence-electron chi connectivity index (χ0n) is 13.5. The minimum absolute atomic E-state index is 0.125. The van der Waals surface area contributed by atoms with Crippen molar-refractivity contribution in [2.24, 2.45) is 5.10 Å². The summed E-state index contributed by atoms with van der Waals surface area (Å²) < 4.78 is 5.94. The molecule has 132 valence electrons. The van der Waals surface area contributed by atoms with E-state index in [2.05, 4.69) is 42.4 Å². The Hall–Kier alpha value is -2.06. The number of nitrogens with one attached hydrogen (secondary N) is 1. The van der Waals surface area contributed by atoms with Crippen LogP contribution in [0, 0.1) is 13.8 Å². The number of hydrazone groups is 1. The van der Waals surface area contributed by atoms with Crippen molar-refractivity contribution in [1.82, 2.24) is 5.43 Å². The number of phenols is 2. The van der Waals surface area contributed by atoms with Gasteiger partial charge in [-0.15, -0.1) is 0 Å². The topological polar surface area (TPSA) is 91.2 Å². The zero-order valence-corrected chi connectivity index (χ0v) is 16.7. The molecule has 0 saturated carbocycles. The third-order valence-electron chi connectivity index (χ3n) is 3.16. The molecule has 3 N–H and O–H groups in total. The second-order valence-electron chi connectivity index (χ2n) is 5.36. The molecule has 0 fully saturated rings. The summed E-state index contributed by atoms with van der Waals surface area (Å²) in [6, 6.07) is 7.16. The van der Waals surface area contributed by atoms with Gasteiger partial charge in [0.1, 0.15) is 21.7 Å². The SMILES string of the molecule is Cc1cc(C)cc(OCC(=O)N/N=C\c2cc(Br)c(O)c(Br)c2O)c1. The van der Waals surface area contributed by atoms with E-state index in [0.717, 1.165) is 11.1 Å². The number of amides is 1. The van der Waals surface area contributed by atoms with Gasteiger partial charge in [-0.3, -0.25) is 4.79 Å². The van der Waals surface area contributed by atoms with Crippen LogP contribution in [0.25, 0.3) is 0 Å². The molecule has 2 rings (SSSR count). The van der Waals surface area contributed by atoms with Gasteiger partial charge in [0.2, 0.25) is 0 Å². The van der Waals surface area contributed by atoms with Crippen LogP contribution in [0.2, 0.25) is 0 Å². The molecule has 6 nitrogen and oxygen atoms in total. The third kappa shape index (κ3) is 5.20. The number of halogens is 2. The molecule has 0 heterocycles. The first kappa shape index (κ1) is 19.3. The van der Waals surface area contributed by atoms with Gasteiger partial charge < -0.3 is 14.9 Å². The summed E-state index contributed by atoms with van der Waals surface area (Å²) in [5.41, 5.74) is 4.72. The van der Waals surface area contributed by atoms with E-state index in [4.69, 9.17) is 4.74 Å². The number of rotatable bonds is 5. The lowest BCUT2D eigenvalue weighted by molar-refractivity contribution is -0.123. The molecule has 0 saturated heterocycles. The van der Waals surface area contributed by atoms with Gasteiger partial charge in [-0.2, -0.15) is 5.10 Å². The molecule has 25 heavy (non-hydrogen) atoms. The number of phenolic OH excluding ortho intramolecular Hbond substituents is 2. The minimum Gasteiger partial charge on any atom is -0.506 e. The van der Waals surface area contributed by atoms with Crippen LogP contribution in [-0.2, 0) is 4.79 Å².